The van der Waals surface area contributed by atoms with Gasteiger partial charge in [0.2, 0.25) is 0 Å². The molecule has 0 aliphatic carbocycles. The van der Waals surface area contributed by atoms with E-state index in [9.17, 15) is 23.2 Å². The molecule has 0 saturated heterocycles. The summed E-state index contributed by atoms with van der Waals surface area (Å²) in [4.78, 5) is 16.3. The summed E-state index contributed by atoms with van der Waals surface area (Å²) in [6.45, 7) is 1.60. The molecule has 0 saturated carbocycles. The number of nitrogens with zero attached hydrogens (tertiary/aromatic N) is 2. The van der Waals surface area contributed by atoms with Crippen molar-refractivity contribution < 1.29 is 18.0 Å². The molecule has 0 bridgehead atoms. The Balaban J connectivity index is 2.23. The minimum Gasteiger partial charge on any atom is -0.293 e. The molecule has 2 rings (SSSR count). The number of rotatable bonds is 4. The lowest BCUT2D eigenvalue weighted by atomic mass is 9.97. The van der Waals surface area contributed by atoms with E-state index in [1.54, 1.807) is 25.1 Å². The van der Waals surface area contributed by atoms with Crippen LogP contribution in [-0.2, 0) is 11.0 Å². The molecule has 0 spiro atoms. The predicted molar refractivity (Wildman–Crippen MR) is 82.7 cm³/mol. The van der Waals surface area contributed by atoms with Crippen LogP contribution in [-0.4, -0.2) is 10.8 Å². The summed E-state index contributed by atoms with van der Waals surface area (Å²) in [5.74, 6) is -1.51. The number of carbonyl (C=O) groups is 1. The van der Waals surface area contributed by atoms with Gasteiger partial charge in [0.25, 0.3) is 0 Å². The van der Waals surface area contributed by atoms with Crippen LogP contribution in [0.1, 0.15) is 29.7 Å². The standard InChI is InChI=1S/C18H13F3N2O/c1-12(13-5-7-14(8-6-13)18(19,20)21)10-17(24)15(11-22)16-4-2-3-9-23-16/h2-10,15H,1H3/b12-10+/t15-/m1/s1. The zero-order valence-electron chi connectivity index (χ0n) is 12.7. The first kappa shape index (κ1) is 17.4. The highest BCUT2D eigenvalue weighted by molar-refractivity contribution is 6.02. The maximum atomic E-state index is 12.6. The van der Waals surface area contributed by atoms with E-state index in [0.717, 1.165) is 12.1 Å². The SMILES string of the molecule is C/C(=C\C(=O)[C@H](C#N)c1ccccn1)c1ccc(C(F)(F)F)cc1. The van der Waals surface area contributed by atoms with Crippen LogP contribution < -0.4 is 0 Å². The van der Waals surface area contributed by atoms with Crippen LogP contribution in [0.15, 0.2) is 54.7 Å². The number of hydrogen-bond donors (Lipinski definition) is 0. The highest BCUT2D eigenvalue weighted by atomic mass is 19.4. The molecule has 6 heteroatoms. The lowest BCUT2D eigenvalue weighted by Gasteiger charge is -2.09. The van der Waals surface area contributed by atoms with Crippen LogP contribution in [0.4, 0.5) is 13.2 Å². The zero-order valence-corrected chi connectivity index (χ0v) is 12.7. The minimum atomic E-state index is -4.41. The van der Waals surface area contributed by atoms with Gasteiger partial charge < -0.3 is 0 Å². The van der Waals surface area contributed by atoms with Crippen LogP contribution in [0.5, 0.6) is 0 Å². The Kier molecular flexibility index (Phi) is 5.14. The monoisotopic (exact) mass is 330 g/mol. The van der Waals surface area contributed by atoms with Crippen LogP contribution in [0.3, 0.4) is 0 Å². The van der Waals surface area contributed by atoms with Gasteiger partial charge in [-0.2, -0.15) is 18.4 Å². The summed E-state index contributed by atoms with van der Waals surface area (Å²) in [7, 11) is 0. The van der Waals surface area contributed by atoms with Crippen molar-refractivity contribution in [2.24, 2.45) is 0 Å². The first-order chi connectivity index (χ1) is 11.3. The van der Waals surface area contributed by atoms with Gasteiger partial charge in [-0.1, -0.05) is 18.2 Å². The number of alkyl halides is 3. The number of pyridine rings is 1. The Labute approximate surface area is 137 Å². The molecule has 0 unspecified atom stereocenters. The van der Waals surface area contributed by atoms with Gasteiger partial charge in [0.15, 0.2) is 11.7 Å². The van der Waals surface area contributed by atoms with E-state index >= 15 is 0 Å². The first-order valence-corrected chi connectivity index (χ1v) is 7.03. The van der Waals surface area contributed by atoms with E-state index < -0.39 is 23.4 Å². The molecule has 1 heterocycles. The lowest BCUT2D eigenvalue weighted by Crippen LogP contribution is -2.10. The molecule has 3 nitrogen and oxygen atoms in total. The maximum Gasteiger partial charge on any atom is 0.416 e. The summed E-state index contributed by atoms with van der Waals surface area (Å²) >= 11 is 0. The Bertz CT molecular complexity index is 788. The van der Waals surface area contributed by atoms with E-state index in [1.807, 2.05) is 6.07 Å². The lowest BCUT2D eigenvalue weighted by molar-refractivity contribution is -0.137. The van der Waals surface area contributed by atoms with Crippen LogP contribution in [0.25, 0.3) is 5.57 Å². The predicted octanol–water partition coefficient (Wildman–Crippen LogP) is 4.38. The van der Waals surface area contributed by atoms with Crippen molar-refractivity contribution in [3.8, 4) is 6.07 Å². The quantitative estimate of drug-likeness (QED) is 0.782. The van der Waals surface area contributed by atoms with Gasteiger partial charge in [0.1, 0.15) is 0 Å². The third kappa shape index (κ3) is 4.07. The Morgan fingerprint density at radius 3 is 2.38 bits per heavy atom. The third-order valence-corrected chi connectivity index (χ3v) is 3.42. The molecule has 0 amide bonds. The van der Waals surface area contributed by atoms with E-state index in [2.05, 4.69) is 4.98 Å². The molecule has 122 valence electrons. The Morgan fingerprint density at radius 2 is 1.88 bits per heavy atom. The van der Waals surface area contributed by atoms with Crippen LogP contribution >= 0.6 is 0 Å². The van der Waals surface area contributed by atoms with Crippen molar-refractivity contribution >= 4 is 11.4 Å². The summed E-state index contributed by atoms with van der Waals surface area (Å²) < 4.78 is 37.7. The van der Waals surface area contributed by atoms with E-state index in [4.69, 9.17) is 0 Å². The fourth-order valence-corrected chi connectivity index (χ4v) is 2.12. The molecule has 24 heavy (non-hydrogen) atoms. The summed E-state index contributed by atoms with van der Waals surface area (Å²) in [6.07, 6.45) is -1.67. The molecule has 0 radical (unpaired) electrons. The molecular weight excluding hydrogens is 317 g/mol. The third-order valence-electron chi connectivity index (χ3n) is 3.42. The largest absolute Gasteiger partial charge is 0.416 e. The first-order valence-electron chi connectivity index (χ1n) is 7.03. The van der Waals surface area contributed by atoms with Crippen molar-refractivity contribution in [2.45, 2.75) is 19.0 Å². The van der Waals surface area contributed by atoms with E-state index in [-0.39, 0.29) is 0 Å². The van der Waals surface area contributed by atoms with Crippen molar-refractivity contribution in [3.63, 3.8) is 0 Å². The van der Waals surface area contributed by atoms with Gasteiger partial charge in [-0.25, -0.2) is 0 Å². The smallest absolute Gasteiger partial charge is 0.293 e. The van der Waals surface area contributed by atoms with Gasteiger partial charge in [-0.3, -0.25) is 9.78 Å². The molecule has 1 aromatic heterocycles. The number of aromatic nitrogens is 1. The highest BCUT2D eigenvalue weighted by Crippen LogP contribution is 2.30. The molecule has 0 aliphatic heterocycles. The van der Waals surface area contributed by atoms with Gasteiger partial charge in [-0.05, 0) is 48.4 Å². The summed E-state index contributed by atoms with van der Waals surface area (Å²) in [6, 6.07) is 11.3. The number of halogens is 3. The number of allylic oxidation sites excluding steroid dienone is 2. The molecule has 0 fully saturated rings. The van der Waals surface area contributed by atoms with Crippen molar-refractivity contribution in [1.82, 2.24) is 4.98 Å². The topological polar surface area (TPSA) is 53.8 Å². The normalized spacial score (nSPS) is 13.2. The second kappa shape index (κ2) is 7.09. The molecule has 0 N–H and O–H groups in total. The maximum absolute atomic E-state index is 12.6. The van der Waals surface area contributed by atoms with Gasteiger partial charge >= 0.3 is 6.18 Å². The number of carbonyl (C=O) groups excluding carboxylic acids is 1. The molecule has 1 aromatic carbocycles. The van der Waals surface area contributed by atoms with Crippen molar-refractivity contribution in [1.29, 1.82) is 5.26 Å². The van der Waals surface area contributed by atoms with Gasteiger partial charge in [-0.15, -0.1) is 0 Å². The molecule has 1 atom stereocenters. The van der Waals surface area contributed by atoms with Gasteiger partial charge in [0, 0.05) is 6.20 Å². The second-order valence-corrected chi connectivity index (χ2v) is 5.12. The number of nitriles is 1. The number of ketones is 1. The Morgan fingerprint density at radius 1 is 1.21 bits per heavy atom. The number of hydrogen-bond acceptors (Lipinski definition) is 3. The highest BCUT2D eigenvalue weighted by Gasteiger charge is 2.30. The summed E-state index contributed by atoms with van der Waals surface area (Å²) in [5.41, 5.74) is 0.536. The second-order valence-electron chi connectivity index (χ2n) is 5.12. The average molecular weight is 330 g/mol. The number of benzene rings is 1. The van der Waals surface area contributed by atoms with Crippen LogP contribution in [0.2, 0.25) is 0 Å². The molecular formula is C18H13F3N2O. The zero-order chi connectivity index (χ0) is 17.7. The van der Waals surface area contributed by atoms with Gasteiger partial charge in [0.05, 0.1) is 17.3 Å². The van der Waals surface area contributed by atoms with Crippen molar-refractivity contribution in [3.05, 3.63) is 71.6 Å². The average Bonchev–Trinajstić information content (AvgIpc) is 2.56. The Hall–Kier alpha value is -2.94. The fourth-order valence-electron chi connectivity index (χ4n) is 2.12. The van der Waals surface area contributed by atoms with E-state index in [1.165, 1.54) is 24.4 Å². The minimum absolute atomic E-state index is 0.335. The van der Waals surface area contributed by atoms with Crippen molar-refractivity contribution in [2.75, 3.05) is 0 Å². The molecule has 2 aromatic rings. The van der Waals surface area contributed by atoms with Crippen LogP contribution in [0, 0.1) is 11.3 Å². The fraction of sp³-hybridized carbons (Fsp3) is 0.167. The molecule has 0 aliphatic rings. The van der Waals surface area contributed by atoms with E-state index in [0.29, 0.717) is 16.8 Å². The summed E-state index contributed by atoms with van der Waals surface area (Å²) in [5, 5.41) is 9.19.